The Morgan fingerprint density at radius 1 is 1.05 bits per heavy atom. The van der Waals surface area contributed by atoms with E-state index in [0.29, 0.717) is 12.8 Å². The average Bonchev–Trinajstić information content (AvgIpc) is 2.36. The third kappa shape index (κ3) is 4.53. The molecule has 1 amide bonds. The second-order valence-corrected chi connectivity index (χ2v) is 3.94. The van der Waals surface area contributed by atoms with Crippen LogP contribution < -0.4 is 5.32 Å². The molecule has 0 aliphatic carbocycles. The molecule has 0 radical (unpaired) electrons. The Morgan fingerprint density at radius 3 is 2.10 bits per heavy atom. The van der Waals surface area contributed by atoms with Gasteiger partial charge in [0, 0.05) is 6.54 Å². The number of hydrogen-bond donors (Lipinski definition) is 1. The van der Waals surface area contributed by atoms with E-state index in [9.17, 15) is 31.1 Å². The van der Waals surface area contributed by atoms with E-state index in [-0.39, 0.29) is 6.54 Å². The maximum Gasteiger partial charge on any atom is 0.437 e. The predicted molar refractivity (Wildman–Crippen MR) is 57.1 cm³/mol. The van der Waals surface area contributed by atoms with Gasteiger partial charge in [-0.05, 0) is 6.42 Å². The number of nitrogens with zero attached hydrogens (tertiary/aromatic N) is 3. The van der Waals surface area contributed by atoms with Gasteiger partial charge < -0.3 is 5.32 Å². The van der Waals surface area contributed by atoms with Crippen LogP contribution in [-0.4, -0.2) is 27.6 Å². The third-order valence-electron chi connectivity index (χ3n) is 2.24. The molecule has 118 valence electrons. The Hall–Kier alpha value is -1.94. The van der Waals surface area contributed by atoms with Crippen molar-refractivity contribution in [2.24, 2.45) is 0 Å². The highest BCUT2D eigenvalue weighted by atomic mass is 19.4. The molecule has 21 heavy (non-hydrogen) atoms. The molecule has 1 heterocycles. The monoisotopic (exact) mass is 316 g/mol. The average molecular weight is 316 g/mol. The van der Waals surface area contributed by atoms with Crippen LogP contribution in [-0.2, 0) is 12.4 Å². The molecule has 1 rings (SSSR count). The number of carbonyl (C=O) groups is 1. The highest BCUT2D eigenvalue weighted by Gasteiger charge is 2.47. The summed E-state index contributed by atoms with van der Waals surface area (Å²) < 4.78 is 75.0. The molecule has 5 nitrogen and oxygen atoms in total. The van der Waals surface area contributed by atoms with Crippen LogP contribution in [0.3, 0.4) is 0 Å². The summed E-state index contributed by atoms with van der Waals surface area (Å²) in [4.78, 5) is 14.1. The number of alkyl halides is 6. The lowest BCUT2D eigenvalue weighted by molar-refractivity contribution is -0.168. The summed E-state index contributed by atoms with van der Waals surface area (Å²) in [6.45, 7) is 1.95. The second-order valence-electron chi connectivity index (χ2n) is 3.94. The molecule has 1 aromatic heterocycles. The number of halogens is 6. The molecule has 0 atom stereocenters. The van der Waals surface area contributed by atoms with Gasteiger partial charge >= 0.3 is 12.4 Å². The molecular formula is C10H10F6N4O. The number of rotatable bonds is 4. The van der Waals surface area contributed by atoms with Crippen molar-refractivity contribution in [2.45, 2.75) is 32.1 Å². The molecule has 0 unspecified atom stereocenters. The van der Waals surface area contributed by atoms with Crippen molar-refractivity contribution in [3.8, 4) is 0 Å². The Kier molecular flexibility index (Phi) is 5.07. The summed E-state index contributed by atoms with van der Waals surface area (Å²) in [7, 11) is 0. The highest BCUT2D eigenvalue weighted by Crippen LogP contribution is 2.37. The van der Waals surface area contributed by atoms with Crippen molar-refractivity contribution in [1.29, 1.82) is 0 Å². The lowest BCUT2D eigenvalue weighted by atomic mass is 10.3. The Morgan fingerprint density at radius 2 is 1.62 bits per heavy atom. The van der Waals surface area contributed by atoms with Gasteiger partial charge in [0.1, 0.15) is 0 Å². The lowest BCUT2D eigenvalue weighted by Crippen LogP contribution is -2.30. The van der Waals surface area contributed by atoms with Gasteiger partial charge in [0.25, 0.3) is 5.91 Å². The summed E-state index contributed by atoms with van der Waals surface area (Å²) in [6.07, 6.45) is -9.52. The van der Waals surface area contributed by atoms with Crippen LogP contribution in [0.2, 0.25) is 0 Å². The Balaban J connectivity index is 3.14. The molecule has 0 spiro atoms. The summed E-state index contributed by atoms with van der Waals surface area (Å²) in [5, 5.41) is 7.44. The van der Waals surface area contributed by atoms with E-state index in [2.05, 4.69) is 20.5 Å². The smallest absolute Gasteiger partial charge is 0.349 e. The number of nitrogens with one attached hydrogen (secondary N) is 1. The highest BCUT2D eigenvalue weighted by molar-refractivity contribution is 5.90. The first kappa shape index (κ1) is 17.1. The summed E-state index contributed by atoms with van der Waals surface area (Å²) >= 11 is 0. The molecule has 0 aromatic carbocycles. The zero-order valence-electron chi connectivity index (χ0n) is 10.6. The molecule has 11 heteroatoms. The molecule has 0 aliphatic heterocycles. The minimum atomic E-state index is -5.40. The van der Waals surface area contributed by atoms with Crippen molar-refractivity contribution in [2.75, 3.05) is 6.54 Å². The zero-order valence-corrected chi connectivity index (χ0v) is 10.6. The maximum absolute atomic E-state index is 12.6. The topological polar surface area (TPSA) is 67.8 Å². The van der Waals surface area contributed by atoms with E-state index in [1.54, 1.807) is 0 Å². The van der Waals surface area contributed by atoms with E-state index in [1.807, 2.05) is 6.92 Å². The summed E-state index contributed by atoms with van der Waals surface area (Å²) in [5.74, 6) is -2.18. The zero-order chi connectivity index (χ0) is 16.3. The fourth-order valence-electron chi connectivity index (χ4n) is 1.27. The Bertz CT molecular complexity index is 513. The fourth-order valence-corrected chi connectivity index (χ4v) is 1.27. The molecule has 0 saturated heterocycles. The van der Waals surface area contributed by atoms with Crippen molar-refractivity contribution in [3.63, 3.8) is 0 Å². The fraction of sp³-hybridized carbons (Fsp3) is 0.600. The van der Waals surface area contributed by atoms with Crippen LogP contribution in [0.25, 0.3) is 0 Å². The first-order valence-electron chi connectivity index (χ1n) is 5.74. The number of amides is 1. The van der Waals surface area contributed by atoms with Gasteiger partial charge in [0.05, 0.1) is 0 Å². The third-order valence-corrected chi connectivity index (χ3v) is 2.24. The van der Waals surface area contributed by atoms with Gasteiger partial charge in [-0.3, -0.25) is 4.79 Å². The summed E-state index contributed by atoms with van der Waals surface area (Å²) in [6, 6.07) is 0. The molecule has 0 aliphatic rings. The predicted octanol–water partition coefficient (Wildman–Crippen LogP) is 2.44. The SMILES string of the molecule is CCCCNC(=O)c1nnc(C(F)(F)F)c(C(F)(F)F)n1. The van der Waals surface area contributed by atoms with Crippen LogP contribution >= 0.6 is 0 Å². The first-order chi connectivity index (χ1) is 9.57. The van der Waals surface area contributed by atoms with Gasteiger partial charge in [-0.15, -0.1) is 10.2 Å². The van der Waals surface area contributed by atoms with E-state index in [4.69, 9.17) is 0 Å². The molecule has 0 bridgehead atoms. The van der Waals surface area contributed by atoms with Gasteiger partial charge in [-0.2, -0.15) is 26.3 Å². The molecule has 0 saturated carbocycles. The van der Waals surface area contributed by atoms with Crippen LogP contribution in [0, 0.1) is 0 Å². The first-order valence-corrected chi connectivity index (χ1v) is 5.74. The van der Waals surface area contributed by atoms with Gasteiger partial charge in [0.2, 0.25) is 5.82 Å². The second kappa shape index (κ2) is 6.22. The molecule has 1 N–H and O–H groups in total. The number of carbonyl (C=O) groups excluding carboxylic acids is 1. The van der Waals surface area contributed by atoms with Crippen LogP contribution in [0.1, 0.15) is 41.8 Å². The molecule has 1 aromatic rings. The van der Waals surface area contributed by atoms with E-state index in [1.165, 1.54) is 0 Å². The quantitative estimate of drug-likeness (QED) is 0.684. The maximum atomic E-state index is 12.6. The largest absolute Gasteiger partial charge is 0.437 e. The minimum Gasteiger partial charge on any atom is -0.349 e. The van der Waals surface area contributed by atoms with E-state index >= 15 is 0 Å². The van der Waals surface area contributed by atoms with Gasteiger partial charge in [-0.1, -0.05) is 13.3 Å². The molecule has 0 fully saturated rings. The minimum absolute atomic E-state index is 0.140. The normalized spacial score (nSPS) is 12.3. The lowest BCUT2D eigenvalue weighted by Gasteiger charge is -2.13. The standard InChI is InChI=1S/C10H10F6N4O/c1-2-3-4-17-8(21)7-18-5(9(11,12)13)6(19-20-7)10(14,15)16/h2-4H2,1H3,(H,17,21). The van der Waals surface area contributed by atoms with E-state index in [0.717, 1.165) is 0 Å². The van der Waals surface area contributed by atoms with Gasteiger partial charge in [0.15, 0.2) is 11.4 Å². The molecular weight excluding hydrogens is 306 g/mol. The van der Waals surface area contributed by atoms with E-state index < -0.39 is 35.5 Å². The Labute approximate surface area is 114 Å². The van der Waals surface area contributed by atoms with Crippen LogP contribution in [0.5, 0.6) is 0 Å². The number of unbranched alkanes of at least 4 members (excludes halogenated alkanes) is 1. The number of aromatic nitrogens is 3. The van der Waals surface area contributed by atoms with Crippen LogP contribution in [0.4, 0.5) is 26.3 Å². The van der Waals surface area contributed by atoms with Gasteiger partial charge in [-0.25, -0.2) is 4.98 Å². The van der Waals surface area contributed by atoms with Crippen LogP contribution in [0.15, 0.2) is 0 Å². The summed E-state index contributed by atoms with van der Waals surface area (Å²) in [5.41, 5.74) is -4.56. The number of hydrogen-bond acceptors (Lipinski definition) is 4. The van der Waals surface area contributed by atoms with Crippen molar-refractivity contribution < 1.29 is 31.1 Å². The van der Waals surface area contributed by atoms with Crippen molar-refractivity contribution >= 4 is 5.91 Å². The van der Waals surface area contributed by atoms with Crippen molar-refractivity contribution in [1.82, 2.24) is 20.5 Å². The van der Waals surface area contributed by atoms with Crippen molar-refractivity contribution in [3.05, 3.63) is 17.2 Å².